The Kier molecular flexibility index (Phi) is 3.90. The monoisotopic (exact) mass is 277 g/mol. The number of carbonyl (C=O) groups excluding carboxylic acids is 1. The van der Waals surface area contributed by atoms with Crippen LogP contribution in [0.15, 0.2) is 21.4 Å². The van der Waals surface area contributed by atoms with E-state index < -0.39 is 0 Å². The highest BCUT2D eigenvalue weighted by molar-refractivity contribution is 7.98. The molecule has 0 spiro atoms. The Balaban J connectivity index is 2.29. The number of nitrogens with one attached hydrogen (secondary N) is 1. The molecule has 1 aromatic carbocycles. The molecule has 19 heavy (non-hydrogen) atoms. The summed E-state index contributed by atoms with van der Waals surface area (Å²) in [6, 6.07) is 3.86. The van der Waals surface area contributed by atoms with E-state index in [4.69, 9.17) is 4.42 Å². The standard InChI is InChI=1S/C13H15N3O2S/c1-7-5-6-10(8(2)11(7)19-4)12(17)14-13-16-15-9(3)18-13/h5-6H,1-4H3,(H,14,16,17). The molecular weight excluding hydrogens is 262 g/mol. The maximum atomic E-state index is 12.2. The normalized spacial score (nSPS) is 10.5. The van der Waals surface area contributed by atoms with Crippen molar-refractivity contribution < 1.29 is 9.21 Å². The lowest BCUT2D eigenvalue weighted by Crippen LogP contribution is -2.14. The fraction of sp³-hybridized carbons (Fsp3) is 0.308. The molecule has 0 saturated heterocycles. The number of rotatable bonds is 3. The number of thioether (sulfide) groups is 1. The summed E-state index contributed by atoms with van der Waals surface area (Å²) in [5.74, 6) is 0.178. The Morgan fingerprint density at radius 1 is 1.26 bits per heavy atom. The number of aryl methyl sites for hydroxylation is 2. The molecule has 0 atom stereocenters. The van der Waals surface area contributed by atoms with Gasteiger partial charge in [0.15, 0.2) is 0 Å². The number of benzene rings is 1. The SMILES string of the molecule is CSc1c(C)ccc(C(=O)Nc2nnc(C)o2)c1C. The quantitative estimate of drug-likeness (QED) is 0.873. The highest BCUT2D eigenvalue weighted by atomic mass is 32.2. The van der Waals surface area contributed by atoms with Crippen LogP contribution in [0.4, 0.5) is 6.01 Å². The van der Waals surface area contributed by atoms with Crippen molar-refractivity contribution >= 4 is 23.7 Å². The maximum Gasteiger partial charge on any atom is 0.322 e. The van der Waals surface area contributed by atoms with Crippen molar-refractivity contribution in [1.29, 1.82) is 0 Å². The topological polar surface area (TPSA) is 68.0 Å². The fourth-order valence-electron chi connectivity index (χ4n) is 1.90. The van der Waals surface area contributed by atoms with E-state index in [-0.39, 0.29) is 11.9 Å². The molecule has 2 aromatic rings. The van der Waals surface area contributed by atoms with Crippen LogP contribution in [0.1, 0.15) is 27.4 Å². The molecule has 0 radical (unpaired) electrons. The largest absolute Gasteiger partial charge is 0.408 e. The molecule has 5 nitrogen and oxygen atoms in total. The van der Waals surface area contributed by atoms with Crippen molar-refractivity contribution in [2.45, 2.75) is 25.7 Å². The molecule has 6 heteroatoms. The van der Waals surface area contributed by atoms with E-state index in [0.717, 1.165) is 16.0 Å². The first-order chi connectivity index (χ1) is 9.02. The van der Waals surface area contributed by atoms with Crippen LogP contribution in [-0.2, 0) is 0 Å². The summed E-state index contributed by atoms with van der Waals surface area (Å²) in [4.78, 5) is 13.3. The molecule has 0 aliphatic heterocycles. The Bertz CT molecular complexity index is 622. The molecular formula is C13H15N3O2S. The molecule has 0 unspecified atom stereocenters. The van der Waals surface area contributed by atoms with Gasteiger partial charge in [-0.25, -0.2) is 0 Å². The zero-order valence-corrected chi connectivity index (χ0v) is 12.1. The van der Waals surface area contributed by atoms with Crippen LogP contribution in [0.3, 0.4) is 0 Å². The third-order valence-corrected chi connectivity index (χ3v) is 3.83. The van der Waals surface area contributed by atoms with Crippen LogP contribution in [0.5, 0.6) is 0 Å². The van der Waals surface area contributed by atoms with Crippen molar-refractivity contribution in [1.82, 2.24) is 10.2 Å². The van der Waals surface area contributed by atoms with Crippen molar-refractivity contribution in [3.05, 3.63) is 34.7 Å². The number of hydrogen-bond donors (Lipinski definition) is 1. The minimum Gasteiger partial charge on any atom is -0.408 e. The molecule has 0 aliphatic carbocycles. The lowest BCUT2D eigenvalue weighted by atomic mass is 10.1. The molecule has 1 aromatic heterocycles. The average molecular weight is 277 g/mol. The van der Waals surface area contributed by atoms with Gasteiger partial charge in [-0.1, -0.05) is 11.2 Å². The van der Waals surface area contributed by atoms with Gasteiger partial charge in [-0.15, -0.1) is 16.9 Å². The summed E-state index contributed by atoms with van der Waals surface area (Å²) in [6.07, 6.45) is 2.00. The second-order valence-electron chi connectivity index (χ2n) is 4.17. The Morgan fingerprint density at radius 2 is 2.00 bits per heavy atom. The van der Waals surface area contributed by atoms with Gasteiger partial charge >= 0.3 is 6.01 Å². The number of aromatic nitrogens is 2. The molecule has 1 amide bonds. The zero-order valence-electron chi connectivity index (χ0n) is 11.3. The predicted molar refractivity (Wildman–Crippen MR) is 74.7 cm³/mol. The van der Waals surface area contributed by atoms with Gasteiger partial charge in [0.2, 0.25) is 5.89 Å². The summed E-state index contributed by atoms with van der Waals surface area (Å²) in [5, 5.41) is 10.0. The number of anilines is 1. The first-order valence-corrected chi connectivity index (χ1v) is 7.01. The summed E-state index contributed by atoms with van der Waals surface area (Å²) in [6.45, 7) is 5.64. The maximum absolute atomic E-state index is 12.2. The predicted octanol–water partition coefficient (Wildman–Crippen LogP) is 2.97. The summed E-state index contributed by atoms with van der Waals surface area (Å²) >= 11 is 1.63. The molecule has 1 heterocycles. The van der Waals surface area contributed by atoms with Crippen LogP contribution in [-0.4, -0.2) is 22.4 Å². The lowest BCUT2D eigenvalue weighted by molar-refractivity contribution is 0.102. The molecule has 1 N–H and O–H groups in total. The van der Waals surface area contributed by atoms with Crippen LogP contribution in [0, 0.1) is 20.8 Å². The van der Waals surface area contributed by atoms with Crippen LogP contribution in [0.2, 0.25) is 0 Å². The van der Waals surface area contributed by atoms with Crippen LogP contribution < -0.4 is 5.32 Å². The van der Waals surface area contributed by atoms with Crippen molar-refractivity contribution in [2.75, 3.05) is 11.6 Å². The Labute approximate surface area is 115 Å². The molecule has 0 bridgehead atoms. The van der Waals surface area contributed by atoms with E-state index in [1.165, 1.54) is 0 Å². The van der Waals surface area contributed by atoms with Gasteiger partial charge in [0.1, 0.15) is 0 Å². The van der Waals surface area contributed by atoms with E-state index >= 15 is 0 Å². The minimum absolute atomic E-state index is 0.119. The Morgan fingerprint density at radius 3 is 2.58 bits per heavy atom. The molecule has 2 rings (SSSR count). The van der Waals surface area contributed by atoms with E-state index in [1.54, 1.807) is 18.7 Å². The van der Waals surface area contributed by atoms with E-state index in [1.807, 2.05) is 32.2 Å². The van der Waals surface area contributed by atoms with Crippen molar-refractivity contribution in [3.8, 4) is 0 Å². The average Bonchev–Trinajstić information content (AvgIpc) is 2.75. The van der Waals surface area contributed by atoms with Gasteiger partial charge in [-0.3, -0.25) is 10.1 Å². The van der Waals surface area contributed by atoms with Gasteiger partial charge in [-0.2, -0.15) is 0 Å². The summed E-state index contributed by atoms with van der Waals surface area (Å²) in [7, 11) is 0. The second kappa shape index (κ2) is 5.44. The van der Waals surface area contributed by atoms with Gasteiger partial charge < -0.3 is 4.42 Å². The Hall–Kier alpha value is -1.82. The number of carbonyl (C=O) groups is 1. The molecule has 0 aliphatic rings. The molecule has 100 valence electrons. The first kappa shape index (κ1) is 13.6. The third kappa shape index (κ3) is 2.78. The van der Waals surface area contributed by atoms with Gasteiger partial charge in [0.05, 0.1) is 0 Å². The number of hydrogen-bond acceptors (Lipinski definition) is 5. The second-order valence-corrected chi connectivity index (χ2v) is 4.99. The lowest BCUT2D eigenvalue weighted by Gasteiger charge is -2.11. The number of nitrogens with zero attached hydrogens (tertiary/aromatic N) is 2. The third-order valence-electron chi connectivity index (χ3n) is 2.80. The molecule has 0 saturated carbocycles. The first-order valence-electron chi connectivity index (χ1n) is 5.78. The van der Waals surface area contributed by atoms with Crippen LogP contribution in [0.25, 0.3) is 0 Å². The van der Waals surface area contributed by atoms with E-state index in [0.29, 0.717) is 11.5 Å². The zero-order chi connectivity index (χ0) is 14.0. The molecule has 0 fully saturated rings. The fourth-order valence-corrected chi connectivity index (χ4v) is 2.70. The van der Waals surface area contributed by atoms with E-state index in [2.05, 4.69) is 15.5 Å². The van der Waals surface area contributed by atoms with Crippen LogP contribution >= 0.6 is 11.8 Å². The summed E-state index contributed by atoms with van der Waals surface area (Å²) < 4.78 is 5.14. The van der Waals surface area contributed by atoms with E-state index in [9.17, 15) is 4.79 Å². The highest BCUT2D eigenvalue weighted by Crippen LogP contribution is 2.27. The summed E-state index contributed by atoms with van der Waals surface area (Å²) in [5.41, 5.74) is 2.74. The van der Waals surface area contributed by atoms with Gasteiger partial charge in [0, 0.05) is 17.4 Å². The smallest absolute Gasteiger partial charge is 0.322 e. The minimum atomic E-state index is -0.239. The van der Waals surface area contributed by atoms with Crippen molar-refractivity contribution in [3.63, 3.8) is 0 Å². The highest BCUT2D eigenvalue weighted by Gasteiger charge is 2.15. The van der Waals surface area contributed by atoms with Gasteiger partial charge in [-0.05, 0) is 37.3 Å². The van der Waals surface area contributed by atoms with Gasteiger partial charge in [0.25, 0.3) is 5.91 Å². The van der Waals surface area contributed by atoms with Crippen molar-refractivity contribution in [2.24, 2.45) is 0 Å². The number of amides is 1.